The van der Waals surface area contributed by atoms with Crippen molar-refractivity contribution in [3.8, 4) is 0 Å². The minimum absolute atomic E-state index is 0.0293. The van der Waals surface area contributed by atoms with Crippen LogP contribution in [0.2, 0.25) is 5.02 Å². The van der Waals surface area contributed by atoms with Crippen LogP contribution in [0.15, 0.2) is 18.2 Å². The third-order valence-corrected chi connectivity index (χ3v) is 3.27. The van der Waals surface area contributed by atoms with Gasteiger partial charge in [0.15, 0.2) is 0 Å². The van der Waals surface area contributed by atoms with Crippen LogP contribution in [0.25, 0.3) is 0 Å². The smallest absolute Gasteiger partial charge is 0.141 e. The maximum atomic E-state index is 13.1. The Kier molecular flexibility index (Phi) is 4.37. The van der Waals surface area contributed by atoms with Crippen molar-refractivity contribution in [1.29, 1.82) is 0 Å². The summed E-state index contributed by atoms with van der Waals surface area (Å²) in [6.07, 6.45) is 2.35. The number of hydrogen-bond donors (Lipinski definition) is 1. The quantitative estimate of drug-likeness (QED) is 0.897. The molecule has 2 atom stereocenters. The van der Waals surface area contributed by atoms with Crippen molar-refractivity contribution in [3.63, 3.8) is 0 Å². The number of ether oxygens (including phenoxy) is 1. The molecule has 1 saturated heterocycles. The molecule has 1 aromatic carbocycles. The molecule has 0 radical (unpaired) electrons. The lowest BCUT2D eigenvalue weighted by Crippen LogP contribution is -2.40. The molecular weight excluding hydrogens is 241 g/mol. The Labute approximate surface area is 106 Å². The van der Waals surface area contributed by atoms with E-state index in [1.54, 1.807) is 12.1 Å². The van der Waals surface area contributed by atoms with Crippen LogP contribution in [0, 0.1) is 5.82 Å². The van der Waals surface area contributed by atoms with Gasteiger partial charge in [0.1, 0.15) is 5.82 Å². The van der Waals surface area contributed by atoms with Gasteiger partial charge in [-0.1, -0.05) is 31.0 Å². The highest BCUT2D eigenvalue weighted by Crippen LogP contribution is 2.26. The highest BCUT2D eigenvalue weighted by molar-refractivity contribution is 6.30. The fraction of sp³-hybridized carbons (Fsp3) is 0.538. The van der Waals surface area contributed by atoms with Gasteiger partial charge in [-0.3, -0.25) is 0 Å². The van der Waals surface area contributed by atoms with Crippen molar-refractivity contribution < 1.29 is 9.13 Å². The summed E-state index contributed by atoms with van der Waals surface area (Å²) in [4.78, 5) is 0. The van der Waals surface area contributed by atoms with E-state index in [1.165, 1.54) is 6.07 Å². The molecule has 1 N–H and O–H groups in total. The molecule has 4 heteroatoms. The Morgan fingerprint density at radius 2 is 2.29 bits per heavy atom. The van der Waals surface area contributed by atoms with E-state index in [4.69, 9.17) is 16.3 Å². The summed E-state index contributed by atoms with van der Waals surface area (Å²) in [6, 6.07) is 4.78. The van der Waals surface area contributed by atoms with E-state index in [0.29, 0.717) is 0 Å². The minimum atomic E-state index is -0.385. The van der Waals surface area contributed by atoms with Crippen LogP contribution < -0.4 is 5.32 Å². The largest absolute Gasteiger partial charge is 0.368 e. The molecule has 2 rings (SSSR count). The first-order chi connectivity index (χ1) is 8.20. The second kappa shape index (κ2) is 5.80. The van der Waals surface area contributed by atoms with Crippen LogP contribution in [-0.2, 0) is 4.74 Å². The van der Waals surface area contributed by atoms with Crippen molar-refractivity contribution in [2.75, 3.05) is 13.1 Å². The van der Waals surface area contributed by atoms with Crippen molar-refractivity contribution in [2.24, 2.45) is 0 Å². The molecule has 1 aliphatic heterocycles. The van der Waals surface area contributed by atoms with Gasteiger partial charge in [0, 0.05) is 13.1 Å². The Hall–Kier alpha value is -0.640. The van der Waals surface area contributed by atoms with E-state index in [0.717, 1.165) is 31.5 Å². The maximum absolute atomic E-state index is 13.1. The Balaban J connectivity index is 2.08. The first kappa shape index (κ1) is 12.8. The maximum Gasteiger partial charge on any atom is 0.141 e. The summed E-state index contributed by atoms with van der Waals surface area (Å²) in [5.74, 6) is -0.385. The van der Waals surface area contributed by atoms with Gasteiger partial charge >= 0.3 is 0 Å². The van der Waals surface area contributed by atoms with Gasteiger partial charge in [-0.05, 0) is 24.1 Å². The van der Waals surface area contributed by atoms with Gasteiger partial charge in [0.05, 0.1) is 17.2 Å². The molecule has 1 aromatic rings. The van der Waals surface area contributed by atoms with E-state index in [1.807, 2.05) is 0 Å². The van der Waals surface area contributed by atoms with Crippen LogP contribution in [0.4, 0.5) is 4.39 Å². The molecule has 0 aliphatic carbocycles. The summed E-state index contributed by atoms with van der Waals surface area (Å²) in [5, 5.41) is 3.50. The molecule has 0 bridgehead atoms. The van der Waals surface area contributed by atoms with Gasteiger partial charge in [0.2, 0.25) is 0 Å². The van der Waals surface area contributed by atoms with Crippen molar-refractivity contribution >= 4 is 11.6 Å². The lowest BCUT2D eigenvalue weighted by molar-refractivity contribution is -0.0425. The second-order valence-electron chi connectivity index (χ2n) is 4.37. The summed E-state index contributed by atoms with van der Waals surface area (Å²) in [5.41, 5.74) is 0.935. The molecule has 0 saturated carbocycles. The number of halogens is 2. The predicted molar refractivity (Wildman–Crippen MR) is 66.8 cm³/mol. The number of benzene rings is 1. The summed E-state index contributed by atoms with van der Waals surface area (Å²) < 4.78 is 19.0. The van der Waals surface area contributed by atoms with Gasteiger partial charge in [-0.25, -0.2) is 4.39 Å². The highest BCUT2D eigenvalue weighted by Gasteiger charge is 2.23. The highest BCUT2D eigenvalue weighted by atomic mass is 35.5. The van der Waals surface area contributed by atoms with Gasteiger partial charge in [0.25, 0.3) is 0 Å². The normalized spacial score (nSPS) is 24.9. The molecule has 0 amide bonds. The minimum Gasteiger partial charge on any atom is -0.368 e. The predicted octanol–water partition coefficient (Wildman–Crippen LogP) is 3.31. The van der Waals surface area contributed by atoms with E-state index in [-0.39, 0.29) is 23.0 Å². The van der Waals surface area contributed by atoms with E-state index in [9.17, 15) is 4.39 Å². The molecule has 17 heavy (non-hydrogen) atoms. The van der Waals surface area contributed by atoms with Gasteiger partial charge in [-0.2, -0.15) is 0 Å². The summed E-state index contributed by atoms with van der Waals surface area (Å²) in [6.45, 7) is 3.78. The van der Waals surface area contributed by atoms with Crippen LogP contribution in [0.1, 0.15) is 31.4 Å². The average Bonchev–Trinajstić information content (AvgIpc) is 2.33. The molecule has 2 nitrogen and oxygen atoms in total. The lowest BCUT2D eigenvalue weighted by atomic mass is 10.1. The zero-order chi connectivity index (χ0) is 12.3. The number of nitrogens with one attached hydrogen (secondary N) is 1. The van der Waals surface area contributed by atoms with Crippen LogP contribution >= 0.6 is 11.6 Å². The number of rotatable bonds is 3. The molecule has 1 fully saturated rings. The first-order valence-corrected chi connectivity index (χ1v) is 6.39. The molecule has 0 aromatic heterocycles. The fourth-order valence-corrected chi connectivity index (χ4v) is 2.29. The summed E-state index contributed by atoms with van der Waals surface area (Å²) in [7, 11) is 0. The first-order valence-electron chi connectivity index (χ1n) is 6.02. The van der Waals surface area contributed by atoms with E-state index in [2.05, 4.69) is 12.2 Å². The van der Waals surface area contributed by atoms with Crippen molar-refractivity contribution in [1.82, 2.24) is 5.32 Å². The van der Waals surface area contributed by atoms with E-state index < -0.39 is 0 Å². The summed E-state index contributed by atoms with van der Waals surface area (Å²) >= 11 is 5.78. The lowest BCUT2D eigenvalue weighted by Gasteiger charge is -2.31. The Morgan fingerprint density at radius 3 is 3.00 bits per heavy atom. The van der Waals surface area contributed by atoms with E-state index >= 15 is 0 Å². The standard InChI is InChI=1S/C13H17ClFNO/c1-2-3-10-7-16-8-13(17-10)9-4-5-12(15)11(14)6-9/h4-6,10,13,16H,2-3,7-8H2,1H3. The monoisotopic (exact) mass is 257 g/mol. The SMILES string of the molecule is CCCC1CNCC(c2ccc(F)c(Cl)c2)O1. The number of hydrogen-bond acceptors (Lipinski definition) is 2. The third kappa shape index (κ3) is 3.18. The molecule has 2 unspecified atom stereocenters. The van der Waals surface area contributed by atoms with Crippen LogP contribution in [0.5, 0.6) is 0 Å². The fourth-order valence-electron chi connectivity index (χ4n) is 2.11. The van der Waals surface area contributed by atoms with Crippen LogP contribution in [-0.4, -0.2) is 19.2 Å². The van der Waals surface area contributed by atoms with Crippen molar-refractivity contribution in [3.05, 3.63) is 34.6 Å². The molecule has 1 aliphatic rings. The Bertz CT molecular complexity index is 384. The topological polar surface area (TPSA) is 21.3 Å². The van der Waals surface area contributed by atoms with Gasteiger partial charge < -0.3 is 10.1 Å². The zero-order valence-corrected chi connectivity index (χ0v) is 10.6. The number of morpholine rings is 1. The van der Waals surface area contributed by atoms with Crippen LogP contribution in [0.3, 0.4) is 0 Å². The third-order valence-electron chi connectivity index (χ3n) is 2.98. The average molecular weight is 258 g/mol. The molecule has 94 valence electrons. The molecule has 1 heterocycles. The second-order valence-corrected chi connectivity index (χ2v) is 4.77. The van der Waals surface area contributed by atoms with Crippen molar-refractivity contribution in [2.45, 2.75) is 32.0 Å². The zero-order valence-electron chi connectivity index (χ0n) is 9.88. The van der Waals surface area contributed by atoms with Gasteiger partial charge in [-0.15, -0.1) is 0 Å². The molecular formula is C13H17ClFNO. The Morgan fingerprint density at radius 1 is 1.47 bits per heavy atom. The molecule has 0 spiro atoms.